The molecule has 0 bridgehead atoms. The molecule has 0 aromatic heterocycles. The Kier molecular flexibility index (Phi) is 0.904. The van der Waals surface area contributed by atoms with E-state index in [0.717, 1.165) is 0 Å². The Bertz CT molecular complexity index is 217. The molecular weight excluding hydrogens is 132 g/mol. The van der Waals surface area contributed by atoms with Crippen molar-refractivity contribution in [3.8, 4) is 0 Å². The van der Waals surface area contributed by atoms with Gasteiger partial charge in [0, 0.05) is 0 Å². The van der Waals surface area contributed by atoms with Gasteiger partial charge in [-0.2, -0.15) is 0 Å². The third-order valence-corrected chi connectivity index (χ3v) is 1.93. The summed E-state index contributed by atoms with van der Waals surface area (Å²) >= 11 is 0. The lowest BCUT2D eigenvalue weighted by molar-refractivity contribution is -0.116. The average molecular weight is 140 g/mol. The minimum Gasteiger partial charge on any atom is -0.383 e. The summed E-state index contributed by atoms with van der Waals surface area (Å²) < 4.78 is 4.94. The lowest BCUT2D eigenvalue weighted by atomic mass is 9.93. The largest absolute Gasteiger partial charge is 0.383 e. The Morgan fingerprint density at radius 2 is 2.50 bits per heavy atom. The maximum atomic E-state index is 10.8. The number of carbonyl (C=O) groups excluding carboxylic acids is 1. The first-order chi connectivity index (χ1) is 4.61. The number of ketones is 1. The zero-order chi connectivity index (χ0) is 7.35. The van der Waals surface area contributed by atoms with Crippen LogP contribution in [0.5, 0.6) is 0 Å². The third-order valence-electron chi connectivity index (χ3n) is 1.93. The summed E-state index contributed by atoms with van der Waals surface area (Å²) in [5.74, 6) is -0.0310. The highest BCUT2D eigenvalue weighted by Crippen LogP contribution is 2.37. The molecule has 0 amide bonds. The molecule has 54 valence electrons. The van der Waals surface area contributed by atoms with Gasteiger partial charge < -0.3 is 9.84 Å². The van der Waals surface area contributed by atoms with E-state index >= 15 is 0 Å². The molecule has 0 spiro atoms. The predicted octanol–water partition coefficient (Wildman–Crippen LogP) is -0.356. The summed E-state index contributed by atoms with van der Waals surface area (Å²) in [5.41, 5.74) is -0.932. The standard InChI is InChI=1S/C7H8O3/c1-7(9)3-2-4(8)5-6(7)10-5/h2-3,5-6,9H,1H3. The van der Waals surface area contributed by atoms with Gasteiger partial charge in [0.05, 0.1) is 0 Å². The van der Waals surface area contributed by atoms with Crippen LogP contribution in [0.4, 0.5) is 0 Å². The molecule has 0 aromatic carbocycles. The van der Waals surface area contributed by atoms with Gasteiger partial charge in [-0.05, 0) is 19.1 Å². The zero-order valence-corrected chi connectivity index (χ0v) is 5.57. The van der Waals surface area contributed by atoms with Gasteiger partial charge in [-0.1, -0.05) is 0 Å². The molecule has 0 radical (unpaired) electrons. The molecule has 1 fully saturated rings. The summed E-state index contributed by atoms with van der Waals surface area (Å²) in [4.78, 5) is 10.8. The Labute approximate surface area is 58.3 Å². The lowest BCUT2D eigenvalue weighted by Crippen LogP contribution is -2.34. The van der Waals surface area contributed by atoms with E-state index in [4.69, 9.17) is 4.74 Å². The SMILES string of the molecule is CC1(O)C=CC(=O)C2OC21. The molecule has 3 heteroatoms. The van der Waals surface area contributed by atoms with Crippen LogP contribution in [0.2, 0.25) is 0 Å². The first-order valence-corrected chi connectivity index (χ1v) is 3.22. The number of rotatable bonds is 0. The van der Waals surface area contributed by atoms with Crippen LogP contribution in [0.3, 0.4) is 0 Å². The third kappa shape index (κ3) is 0.646. The van der Waals surface area contributed by atoms with E-state index in [2.05, 4.69) is 0 Å². The summed E-state index contributed by atoms with van der Waals surface area (Å²) in [5, 5.41) is 9.44. The van der Waals surface area contributed by atoms with Crippen molar-refractivity contribution in [2.45, 2.75) is 24.7 Å². The molecular formula is C7H8O3. The molecule has 3 atom stereocenters. The predicted molar refractivity (Wildman–Crippen MR) is 33.4 cm³/mol. The molecule has 1 N–H and O–H groups in total. The highest BCUT2D eigenvalue weighted by atomic mass is 16.6. The van der Waals surface area contributed by atoms with Gasteiger partial charge in [-0.15, -0.1) is 0 Å². The van der Waals surface area contributed by atoms with Crippen molar-refractivity contribution in [2.75, 3.05) is 0 Å². The Morgan fingerprint density at radius 3 is 3.10 bits per heavy atom. The summed E-state index contributed by atoms with van der Waals surface area (Å²) in [7, 11) is 0. The van der Waals surface area contributed by atoms with Gasteiger partial charge in [0.1, 0.15) is 17.8 Å². The minimum absolute atomic E-state index is 0.0310. The maximum absolute atomic E-state index is 10.8. The van der Waals surface area contributed by atoms with Crippen molar-refractivity contribution >= 4 is 5.78 Å². The number of epoxide rings is 1. The van der Waals surface area contributed by atoms with Gasteiger partial charge in [0.25, 0.3) is 0 Å². The number of aliphatic hydroxyl groups is 1. The van der Waals surface area contributed by atoms with Crippen molar-refractivity contribution in [3.05, 3.63) is 12.2 Å². The van der Waals surface area contributed by atoms with E-state index in [1.165, 1.54) is 12.2 Å². The Balaban J connectivity index is 2.32. The normalized spacial score (nSPS) is 50.8. The molecule has 10 heavy (non-hydrogen) atoms. The van der Waals surface area contributed by atoms with Crippen LogP contribution < -0.4 is 0 Å². The maximum Gasteiger partial charge on any atom is 0.187 e. The molecule has 3 unspecified atom stereocenters. The van der Waals surface area contributed by atoms with Crippen molar-refractivity contribution in [3.63, 3.8) is 0 Å². The zero-order valence-electron chi connectivity index (χ0n) is 5.57. The fourth-order valence-corrected chi connectivity index (χ4v) is 1.21. The Morgan fingerprint density at radius 1 is 1.80 bits per heavy atom. The van der Waals surface area contributed by atoms with E-state index in [-0.39, 0.29) is 18.0 Å². The second-order valence-corrected chi connectivity index (χ2v) is 2.94. The van der Waals surface area contributed by atoms with Crippen LogP contribution in [-0.4, -0.2) is 28.7 Å². The second kappa shape index (κ2) is 1.49. The van der Waals surface area contributed by atoms with Crippen LogP contribution >= 0.6 is 0 Å². The number of carbonyl (C=O) groups is 1. The van der Waals surface area contributed by atoms with Gasteiger partial charge in [-0.3, -0.25) is 4.79 Å². The molecule has 2 aliphatic rings. The molecule has 1 heterocycles. The van der Waals surface area contributed by atoms with Gasteiger partial charge in [-0.25, -0.2) is 0 Å². The molecule has 0 aromatic rings. The van der Waals surface area contributed by atoms with E-state index in [0.29, 0.717) is 0 Å². The van der Waals surface area contributed by atoms with E-state index < -0.39 is 5.60 Å². The van der Waals surface area contributed by atoms with Crippen molar-refractivity contribution in [1.82, 2.24) is 0 Å². The molecule has 1 saturated heterocycles. The van der Waals surface area contributed by atoms with Crippen LogP contribution in [0, 0.1) is 0 Å². The number of ether oxygens (including phenoxy) is 1. The van der Waals surface area contributed by atoms with Crippen molar-refractivity contribution in [1.29, 1.82) is 0 Å². The molecule has 0 saturated carbocycles. The van der Waals surface area contributed by atoms with Crippen LogP contribution in [-0.2, 0) is 9.53 Å². The smallest absolute Gasteiger partial charge is 0.187 e. The summed E-state index contributed by atoms with van der Waals surface area (Å²) in [6.07, 6.45) is 2.22. The molecule has 1 aliphatic carbocycles. The number of fused-ring (bicyclic) bond motifs is 1. The molecule has 2 rings (SSSR count). The quantitative estimate of drug-likeness (QED) is 0.467. The minimum atomic E-state index is -0.932. The van der Waals surface area contributed by atoms with Gasteiger partial charge in [0.2, 0.25) is 0 Å². The van der Waals surface area contributed by atoms with E-state index in [9.17, 15) is 9.90 Å². The fraction of sp³-hybridized carbons (Fsp3) is 0.571. The highest BCUT2D eigenvalue weighted by molar-refractivity contribution is 5.97. The molecule has 3 nitrogen and oxygen atoms in total. The first kappa shape index (κ1) is 6.07. The van der Waals surface area contributed by atoms with E-state index in [1.807, 2.05) is 0 Å². The first-order valence-electron chi connectivity index (χ1n) is 3.22. The topological polar surface area (TPSA) is 49.8 Å². The molecule has 1 aliphatic heterocycles. The van der Waals surface area contributed by atoms with Crippen LogP contribution in [0.15, 0.2) is 12.2 Å². The van der Waals surface area contributed by atoms with Crippen LogP contribution in [0.1, 0.15) is 6.92 Å². The fourth-order valence-electron chi connectivity index (χ4n) is 1.21. The highest BCUT2D eigenvalue weighted by Gasteiger charge is 2.55. The number of hydrogen-bond donors (Lipinski definition) is 1. The van der Waals surface area contributed by atoms with Crippen LogP contribution in [0.25, 0.3) is 0 Å². The van der Waals surface area contributed by atoms with Gasteiger partial charge in [0.15, 0.2) is 5.78 Å². The summed E-state index contributed by atoms with van der Waals surface area (Å²) in [6, 6.07) is 0. The second-order valence-electron chi connectivity index (χ2n) is 2.94. The van der Waals surface area contributed by atoms with Crippen molar-refractivity contribution < 1.29 is 14.6 Å². The Hall–Kier alpha value is -0.670. The monoisotopic (exact) mass is 140 g/mol. The average Bonchev–Trinajstić information content (AvgIpc) is 2.58. The number of hydrogen-bond acceptors (Lipinski definition) is 3. The summed E-state index contributed by atoms with van der Waals surface area (Å²) in [6.45, 7) is 1.64. The van der Waals surface area contributed by atoms with Gasteiger partial charge >= 0.3 is 0 Å². The lowest BCUT2D eigenvalue weighted by Gasteiger charge is -2.17. The van der Waals surface area contributed by atoms with Crippen molar-refractivity contribution in [2.24, 2.45) is 0 Å². The van der Waals surface area contributed by atoms with E-state index in [1.54, 1.807) is 6.92 Å².